The Kier molecular flexibility index (Phi) is 5.48. The van der Waals surface area contributed by atoms with Gasteiger partial charge >= 0.3 is 5.97 Å². The first-order valence-corrected chi connectivity index (χ1v) is 8.17. The average Bonchev–Trinajstić information content (AvgIpc) is 3.09. The van der Waals surface area contributed by atoms with Crippen LogP contribution in [-0.2, 0) is 14.3 Å². The van der Waals surface area contributed by atoms with Gasteiger partial charge in [-0.1, -0.05) is 11.6 Å². The minimum atomic E-state index is -0.866. The highest BCUT2D eigenvalue weighted by molar-refractivity contribution is 6.30. The molecule has 0 spiro atoms. The maximum Gasteiger partial charge on any atom is 0.347 e. The van der Waals surface area contributed by atoms with Gasteiger partial charge in [0, 0.05) is 16.8 Å². The van der Waals surface area contributed by atoms with Gasteiger partial charge in [-0.15, -0.1) is 0 Å². The molecular formula is C18H16ClNO6. The average molecular weight is 378 g/mol. The minimum Gasteiger partial charge on any atom is -0.479 e. The van der Waals surface area contributed by atoms with E-state index in [1.165, 1.54) is 6.92 Å². The number of carbonyl (C=O) groups is 2. The van der Waals surface area contributed by atoms with Crippen LogP contribution in [0, 0.1) is 0 Å². The third kappa shape index (κ3) is 4.58. The van der Waals surface area contributed by atoms with E-state index in [0.717, 1.165) is 0 Å². The second kappa shape index (κ2) is 7.97. The number of halogens is 1. The van der Waals surface area contributed by atoms with Gasteiger partial charge in [0.2, 0.25) is 6.79 Å². The molecule has 0 aliphatic carbocycles. The lowest BCUT2D eigenvalue weighted by atomic mass is 10.3. The first-order valence-electron chi connectivity index (χ1n) is 7.79. The largest absolute Gasteiger partial charge is 0.479 e. The molecule has 2 aromatic carbocycles. The van der Waals surface area contributed by atoms with E-state index in [0.29, 0.717) is 28.0 Å². The zero-order valence-electron chi connectivity index (χ0n) is 13.9. The first-order chi connectivity index (χ1) is 12.5. The molecule has 0 saturated carbocycles. The van der Waals surface area contributed by atoms with Crippen molar-refractivity contribution in [3.05, 3.63) is 47.5 Å². The smallest absolute Gasteiger partial charge is 0.347 e. The summed E-state index contributed by atoms with van der Waals surface area (Å²) in [6.07, 6.45) is -0.866. The van der Waals surface area contributed by atoms with Crippen LogP contribution in [0.2, 0.25) is 5.02 Å². The number of esters is 1. The summed E-state index contributed by atoms with van der Waals surface area (Å²) < 4.78 is 20.8. The van der Waals surface area contributed by atoms with Crippen LogP contribution < -0.4 is 19.5 Å². The van der Waals surface area contributed by atoms with E-state index in [9.17, 15) is 9.59 Å². The molecule has 1 N–H and O–H groups in total. The predicted molar refractivity (Wildman–Crippen MR) is 93.7 cm³/mol. The zero-order valence-corrected chi connectivity index (χ0v) is 14.6. The number of fused-ring (bicyclic) bond motifs is 1. The fourth-order valence-corrected chi connectivity index (χ4v) is 2.32. The van der Waals surface area contributed by atoms with Crippen LogP contribution in [-0.4, -0.2) is 31.4 Å². The topological polar surface area (TPSA) is 83.1 Å². The predicted octanol–water partition coefficient (Wildman–Crippen LogP) is 3.02. The molecule has 0 aromatic heterocycles. The number of hydrogen-bond donors (Lipinski definition) is 1. The Morgan fingerprint density at radius 3 is 2.65 bits per heavy atom. The molecule has 7 nitrogen and oxygen atoms in total. The van der Waals surface area contributed by atoms with Crippen LogP contribution >= 0.6 is 11.6 Å². The van der Waals surface area contributed by atoms with Crippen LogP contribution in [0.4, 0.5) is 5.69 Å². The number of rotatable bonds is 6. The molecule has 0 saturated heterocycles. The maximum atomic E-state index is 11.9. The third-order valence-corrected chi connectivity index (χ3v) is 3.71. The molecule has 136 valence electrons. The van der Waals surface area contributed by atoms with Crippen LogP contribution in [0.25, 0.3) is 0 Å². The van der Waals surface area contributed by atoms with E-state index in [4.69, 9.17) is 30.5 Å². The molecule has 0 fully saturated rings. The quantitative estimate of drug-likeness (QED) is 0.779. The monoisotopic (exact) mass is 377 g/mol. The van der Waals surface area contributed by atoms with Crippen molar-refractivity contribution in [2.24, 2.45) is 0 Å². The Labute approximate surface area is 154 Å². The molecule has 1 aliphatic rings. The van der Waals surface area contributed by atoms with E-state index in [1.54, 1.807) is 42.5 Å². The highest BCUT2D eigenvalue weighted by Gasteiger charge is 2.19. The molecule has 1 amide bonds. The summed E-state index contributed by atoms with van der Waals surface area (Å²) in [5.74, 6) is 0.507. The lowest BCUT2D eigenvalue weighted by molar-refractivity contribution is -0.153. The summed E-state index contributed by atoms with van der Waals surface area (Å²) in [7, 11) is 0. The second-order valence-corrected chi connectivity index (χ2v) is 5.87. The Morgan fingerprint density at radius 2 is 1.88 bits per heavy atom. The van der Waals surface area contributed by atoms with Crippen molar-refractivity contribution >= 4 is 29.2 Å². The van der Waals surface area contributed by atoms with Crippen molar-refractivity contribution in [1.29, 1.82) is 0 Å². The number of benzene rings is 2. The summed E-state index contributed by atoms with van der Waals surface area (Å²) >= 11 is 5.79. The summed E-state index contributed by atoms with van der Waals surface area (Å²) in [6.45, 7) is 1.25. The second-order valence-electron chi connectivity index (χ2n) is 5.44. The molecular weight excluding hydrogens is 362 g/mol. The van der Waals surface area contributed by atoms with Crippen molar-refractivity contribution < 1.29 is 28.5 Å². The number of carbonyl (C=O) groups excluding carboxylic acids is 2. The van der Waals surface area contributed by atoms with Gasteiger partial charge in [0.05, 0.1) is 0 Å². The number of nitrogens with one attached hydrogen (secondary N) is 1. The number of ether oxygens (including phenoxy) is 4. The van der Waals surface area contributed by atoms with Gasteiger partial charge in [-0.3, -0.25) is 4.79 Å². The lowest BCUT2D eigenvalue weighted by Crippen LogP contribution is -2.29. The fourth-order valence-electron chi connectivity index (χ4n) is 2.19. The van der Waals surface area contributed by atoms with Crippen LogP contribution in [0.15, 0.2) is 42.5 Å². The summed E-state index contributed by atoms with van der Waals surface area (Å²) in [4.78, 5) is 23.9. The highest BCUT2D eigenvalue weighted by Crippen LogP contribution is 2.34. The summed E-state index contributed by atoms with van der Waals surface area (Å²) in [6, 6.07) is 11.6. The molecule has 26 heavy (non-hydrogen) atoms. The Hall–Kier alpha value is -2.93. The van der Waals surface area contributed by atoms with E-state index in [1.807, 2.05) is 0 Å². The summed E-state index contributed by atoms with van der Waals surface area (Å²) in [5, 5.41) is 3.18. The van der Waals surface area contributed by atoms with Gasteiger partial charge in [0.15, 0.2) is 24.2 Å². The molecule has 1 heterocycles. The Morgan fingerprint density at radius 1 is 1.15 bits per heavy atom. The van der Waals surface area contributed by atoms with E-state index >= 15 is 0 Å². The SMILES string of the molecule is CC(Oc1ccc(Cl)cc1)C(=O)OCC(=O)Nc1ccc2c(c1)OCO2. The lowest BCUT2D eigenvalue weighted by Gasteiger charge is -2.14. The van der Waals surface area contributed by atoms with Gasteiger partial charge in [0.1, 0.15) is 5.75 Å². The van der Waals surface area contributed by atoms with Gasteiger partial charge in [-0.2, -0.15) is 0 Å². The normalized spacial score (nSPS) is 13.0. The molecule has 0 radical (unpaired) electrons. The molecule has 8 heteroatoms. The Bertz CT molecular complexity index is 808. The highest BCUT2D eigenvalue weighted by atomic mass is 35.5. The fraction of sp³-hybridized carbons (Fsp3) is 0.222. The minimum absolute atomic E-state index is 0.149. The molecule has 0 bridgehead atoms. The van der Waals surface area contributed by atoms with Crippen molar-refractivity contribution in [1.82, 2.24) is 0 Å². The van der Waals surface area contributed by atoms with Crippen molar-refractivity contribution in [3.8, 4) is 17.2 Å². The van der Waals surface area contributed by atoms with Gasteiger partial charge in [-0.25, -0.2) is 4.79 Å². The van der Waals surface area contributed by atoms with Crippen molar-refractivity contribution in [2.75, 3.05) is 18.7 Å². The summed E-state index contributed by atoms with van der Waals surface area (Å²) in [5.41, 5.74) is 0.515. The maximum absolute atomic E-state index is 11.9. The number of amides is 1. The molecule has 1 unspecified atom stereocenters. The first kappa shape index (κ1) is 17.9. The number of anilines is 1. The standard InChI is InChI=1S/C18H16ClNO6/c1-11(26-14-5-2-12(19)3-6-14)18(22)23-9-17(21)20-13-4-7-15-16(8-13)25-10-24-15/h2-8,11H,9-10H2,1H3,(H,20,21). The van der Waals surface area contributed by atoms with E-state index < -0.39 is 24.6 Å². The van der Waals surface area contributed by atoms with E-state index in [2.05, 4.69) is 5.32 Å². The van der Waals surface area contributed by atoms with E-state index in [-0.39, 0.29) is 6.79 Å². The molecule has 1 aliphatic heterocycles. The van der Waals surface area contributed by atoms with Crippen LogP contribution in [0.1, 0.15) is 6.92 Å². The van der Waals surface area contributed by atoms with Gasteiger partial charge in [0.25, 0.3) is 5.91 Å². The van der Waals surface area contributed by atoms with Crippen LogP contribution in [0.3, 0.4) is 0 Å². The molecule has 3 rings (SSSR count). The molecule has 2 aromatic rings. The number of hydrogen-bond acceptors (Lipinski definition) is 6. The van der Waals surface area contributed by atoms with Crippen molar-refractivity contribution in [2.45, 2.75) is 13.0 Å². The zero-order chi connectivity index (χ0) is 18.5. The van der Waals surface area contributed by atoms with Crippen molar-refractivity contribution in [3.63, 3.8) is 0 Å². The van der Waals surface area contributed by atoms with Crippen LogP contribution in [0.5, 0.6) is 17.2 Å². The van der Waals surface area contributed by atoms with Gasteiger partial charge < -0.3 is 24.3 Å². The van der Waals surface area contributed by atoms with Gasteiger partial charge in [-0.05, 0) is 43.3 Å². The third-order valence-electron chi connectivity index (χ3n) is 3.46. The Balaban J connectivity index is 1.46. The molecule has 1 atom stereocenters.